The van der Waals surface area contributed by atoms with E-state index in [9.17, 15) is 8.42 Å². The maximum atomic E-state index is 12.6. The number of rotatable bonds is 4. The van der Waals surface area contributed by atoms with Crippen LogP contribution >= 0.6 is 11.6 Å². The molecule has 1 aromatic carbocycles. The Hall–Kier alpha value is -1.59. The van der Waals surface area contributed by atoms with E-state index >= 15 is 0 Å². The van der Waals surface area contributed by atoms with Gasteiger partial charge in [-0.2, -0.15) is 0 Å². The molecule has 0 N–H and O–H groups in total. The van der Waals surface area contributed by atoms with Crippen LogP contribution in [0.2, 0.25) is 5.15 Å². The summed E-state index contributed by atoms with van der Waals surface area (Å²) in [5.41, 5.74) is 0.623. The van der Waals surface area contributed by atoms with E-state index < -0.39 is 10.0 Å². The van der Waals surface area contributed by atoms with E-state index in [1.165, 1.54) is 22.6 Å². The number of benzene rings is 1. The molecule has 6 heteroatoms. The highest BCUT2D eigenvalue weighted by molar-refractivity contribution is 7.92. The normalized spacial score (nSPS) is 11.3. The van der Waals surface area contributed by atoms with Crippen molar-refractivity contribution in [3.05, 3.63) is 53.8 Å². The van der Waals surface area contributed by atoms with Crippen LogP contribution in [0.25, 0.3) is 0 Å². The first-order chi connectivity index (χ1) is 9.05. The van der Waals surface area contributed by atoms with Gasteiger partial charge in [-0.3, -0.25) is 4.31 Å². The molecule has 0 aliphatic carbocycles. The zero-order valence-corrected chi connectivity index (χ0v) is 11.9. The van der Waals surface area contributed by atoms with Gasteiger partial charge in [0.25, 0.3) is 10.0 Å². The summed E-state index contributed by atoms with van der Waals surface area (Å²) in [6.45, 7) is 2.12. The van der Waals surface area contributed by atoms with Crippen LogP contribution in [0.3, 0.4) is 0 Å². The molecule has 0 aliphatic heterocycles. The zero-order chi connectivity index (χ0) is 13.9. The molecule has 0 aliphatic rings. The average Bonchev–Trinajstić information content (AvgIpc) is 2.40. The summed E-state index contributed by atoms with van der Waals surface area (Å²) in [7, 11) is -3.62. The molecule has 0 saturated heterocycles. The third-order valence-electron chi connectivity index (χ3n) is 2.62. The first-order valence-corrected chi connectivity index (χ1v) is 7.57. The van der Waals surface area contributed by atoms with E-state index in [-0.39, 0.29) is 10.0 Å². The van der Waals surface area contributed by atoms with Crippen molar-refractivity contribution < 1.29 is 8.42 Å². The fourth-order valence-electron chi connectivity index (χ4n) is 1.76. The molecular weight excluding hydrogens is 284 g/mol. The van der Waals surface area contributed by atoms with Crippen molar-refractivity contribution in [2.45, 2.75) is 11.8 Å². The summed E-state index contributed by atoms with van der Waals surface area (Å²) in [4.78, 5) is 3.93. The molecule has 0 unspecified atom stereocenters. The molecule has 0 amide bonds. The predicted octanol–water partition coefficient (Wildman–Crippen LogP) is 2.95. The Morgan fingerprint density at radius 1 is 1.21 bits per heavy atom. The lowest BCUT2D eigenvalue weighted by molar-refractivity contribution is 0.591. The minimum absolute atomic E-state index is 0.137. The van der Waals surface area contributed by atoms with Crippen molar-refractivity contribution in [2.75, 3.05) is 10.8 Å². The number of halogens is 1. The molecule has 100 valence electrons. The molecule has 0 radical (unpaired) electrons. The molecule has 1 aromatic heterocycles. The summed E-state index contributed by atoms with van der Waals surface area (Å²) < 4.78 is 26.4. The Labute approximate surface area is 117 Å². The van der Waals surface area contributed by atoms with Crippen molar-refractivity contribution in [2.24, 2.45) is 0 Å². The number of anilines is 1. The molecule has 1 heterocycles. The fraction of sp³-hybridized carbons (Fsp3) is 0.154. The molecule has 0 atom stereocenters. The van der Waals surface area contributed by atoms with Crippen molar-refractivity contribution in [1.29, 1.82) is 0 Å². The smallest absolute Gasteiger partial charge is 0.264 e. The van der Waals surface area contributed by atoms with Crippen LogP contribution in [0.5, 0.6) is 0 Å². The predicted molar refractivity (Wildman–Crippen MR) is 75.9 cm³/mol. The van der Waals surface area contributed by atoms with Gasteiger partial charge in [0.15, 0.2) is 0 Å². The highest BCUT2D eigenvalue weighted by Crippen LogP contribution is 2.23. The van der Waals surface area contributed by atoms with Gasteiger partial charge in [0.05, 0.1) is 10.6 Å². The summed E-state index contributed by atoms with van der Waals surface area (Å²) in [5, 5.41) is 0.158. The van der Waals surface area contributed by atoms with Crippen LogP contribution < -0.4 is 4.31 Å². The molecule has 19 heavy (non-hydrogen) atoms. The molecule has 0 saturated carbocycles. The number of hydrogen-bond donors (Lipinski definition) is 0. The summed E-state index contributed by atoms with van der Waals surface area (Å²) in [5.74, 6) is 0. The molecule has 2 aromatic rings. The van der Waals surface area contributed by atoms with Gasteiger partial charge in [0.2, 0.25) is 0 Å². The third kappa shape index (κ3) is 2.88. The van der Waals surface area contributed by atoms with Gasteiger partial charge in [0.1, 0.15) is 5.15 Å². The minimum atomic E-state index is -3.62. The van der Waals surface area contributed by atoms with Gasteiger partial charge < -0.3 is 0 Å². The number of aromatic nitrogens is 1. The number of sulfonamides is 1. The van der Waals surface area contributed by atoms with Crippen LogP contribution in [0, 0.1) is 0 Å². The fourth-order valence-corrected chi connectivity index (χ4v) is 3.48. The van der Waals surface area contributed by atoms with Crippen molar-refractivity contribution in [3.8, 4) is 0 Å². The Morgan fingerprint density at radius 3 is 2.47 bits per heavy atom. The molecule has 4 nitrogen and oxygen atoms in total. The Kier molecular flexibility index (Phi) is 4.07. The number of para-hydroxylation sites is 1. The maximum Gasteiger partial charge on any atom is 0.264 e. The van der Waals surface area contributed by atoms with E-state index in [2.05, 4.69) is 4.98 Å². The van der Waals surface area contributed by atoms with E-state index in [0.717, 1.165) is 0 Å². The molecular formula is C13H13ClN2O2S. The number of hydrogen-bond acceptors (Lipinski definition) is 3. The summed E-state index contributed by atoms with van der Waals surface area (Å²) in [6.07, 6.45) is 1.38. The Bertz CT molecular complexity index is 659. The molecule has 0 spiro atoms. The molecule has 0 bridgehead atoms. The first kappa shape index (κ1) is 13.8. The second-order valence-corrected chi connectivity index (χ2v) is 6.07. The van der Waals surface area contributed by atoms with Crippen LogP contribution in [0.4, 0.5) is 5.69 Å². The maximum absolute atomic E-state index is 12.6. The Morgan fingerprint density at radius 2 is 1.89 bits per heavy atom. The third-order valence-corrected chi connectivity index (χ3v) is 4.72. The van der Waals surface area contributed by atoms with Gasteiger partial charge in [0, 0.05) is 12.7 Å². The van der Waals surface area contributed by atoms with Crippen LogP contribution in [-0.4, -0.2) is 19.9 Å². The second-order valence-electron chi connectivity index (χ2n) is 3.82. The van der Waals surface area contributed by atoms with E-state index in [1.807, 2.05) is 6.07 Å². The van der Waals surface area contributed by atoms with Gasteiger partial charge in [-0.15, -0.1) is 0 Å². The quantitative estimate of drug-likeness (QED) is 0.815. The number of pyridine rings is 1. The van der Waals surface area contributed by atoms with Gasteiger partial charge in [-0.05, 0) is 31.2 Å². The lowest BCUT2D eigenvalue weighted by Crippen LogP contribution is -2.30. The zero-order valence-electron chi connectivity index (χ0n) is 10.3. The number of nitrogens with zero attached hydrogens (tertiary/aromatic N) is 2. The average molecular weight is 297 g/mol. The minimum Gasteiger partial charge on any atom is -0.267 e. The van der Waals surface area contributed by atoms with Crippen LogP contribution in [0.1, 0.15) is 6.92 Å². The highest BCUT2D eigenvalue weighted by Gasteiger charge is 2.23. The first-order valence-electron chi connectivity index (χ1n) is 5.75. The lowest BCUT2D eigenvalue weighted by atomic mass is 10.3. The van der Waals surface area contributed by atoms with Gasteiger partial charge >= 0.3 is 0 Å². The van der Waals surface area contributed by atoms with Crippen molar-refractivity contribution in [3.63, 3.8) is 0 Å². The monoisotopic (exact) mass is 296 g/mol. The topological polar surface area (TPSA) is 50.3 Å². The Balaban J connectivity index is 2.48. The van der Waals surface area contributed by atoms with Gasteiger partial charge in [-0.1, -0.05) is 29.8 Å². The molecule has 2 rings (SSSR count). The van der Waals surface area contributed by atoms with Crippen LogP contribution in [0.15, 0.2) is 53.6 Å². The molecule has 0 fully saturated rings. The largest absolute Gasteiger partial charge is 0.267 e. The van der Waals surface area contributed by atoms with Crippen molar-refractivity contribution in [1.82, 2.24) is 4.98 Å². The van der Waals surface area contributed by atoms with Crippen molar-refractivity contribution >= 4 is 27.3 Å². The second kappa shape index (κ2) is 5.59. The van der Waals surface area contributed by atoms with Crippen LogP contribution in [-0.2, 0) is 10.0 Å². The highest BCUT2D eigenvalue weighted by atomic mass is 35.5. The van der Waals surface area contributed by atoms with Gasteiger partial charge in [-0.25, -0.2) is 13.4 Å². The van der Waals surface area contributed by atoms with E-state index in [4.69, 9.17) is 11.6 Å². The summed E-state index contributed by atoms with van der Waals surface area (Å²) in [6, 6.07) is 11.7. The standard InChI is InChI=1S/C13H13ClN2O2S/c1-2-16(11-6-4-3-5-7-11)19(17,18)12-8-9-15-13(14)10-12/h3-10H,2H2,1H3. The SMILES string of the molecule is CCN(c1ccccc1)S(=O)(=O)c1ccnc(Cl)c1. The van der Waals surface area contributed by atoms with E-state index in [1.54, 1.807) is 31.2 Å². The van der Waals surface area contributed by atoms with E-state index in [0.29, 0.717) is 12.2 Å². The summed E-state index contributed by atoms with van der Waals surface area (Å²) >= 11 is 5.75. The lowest BCUT2D eigenvalue weighted by Gasteiger charge is -2.22.